The van der Waals surface area contributed by atoms with E-state index in [2.05, 4.69) is 9.97 Å². The van der Waals surface area contributed by atoms with E-state index in [9.17, 15) is 17.2 Å². The molecule has 2 N–H and O–H groups in total. The van der Waals surface area contributed by atoms with E-state index < -0.39 is 26.6 Å². The van der Waals surface area contributed by atoms with Crippen molar-refractivity contribution in [3.05, 3.63) is 42.2 Å². The number of benzene rings is 1. The summed E-state index contributed by atoms with van der Waals surface area (Å²) in [7, 11) is -4.20. The Bertz CT molecular complexity index is 626. The van der Waals surface area contributed by atoms with E-state index in [-0.39, 0.29) is 5.95 Å². The molecular formula is C9H7F2N3O2S. The molecule has 1 aromatic heterocycles. The number of nitrogens with zero attached hydrogens (tertiary/aromatic N) is 1. The molecule has 2 rings (SSSR count). The molecule has 0 spiro atoms. The summed E-state index contributed by atoms with van der Waals surface area (Å²) >= 11 is 0. The van der Waals surface area contributed by atoms with E-state index in [4.69, 9.17) is 0 Å². The molecule has 0 aliphatic carbocycles. The van der Waals surface area contributed by atoms with Gasteiger partial charge in [-0.25, -0.2) is 26.9 Å². The van der Waals surface area contributed by atoms with Crippen molar-refractivity contribution in [2.24, 2.45) is 0 Å². The number of sulfonamides is 1. The van der Waals surface area contributed by atoms with Crippen molar-refractivity contribution in [2.75, 3.05) is 4.72 Å². The fraction of sp³-hybridized carbons (Fsp3) is 0. The van der Waals surface area contributed by atoms with Crippen molar-refractivity contribution in [2.45, 2.75) is 4.90 Å². The molecule has 1 aromatic carbocycles. The van der Waals surface area contributed by atoms with E-state index in [0.29, 0.717) is 6.07 Å². The third-order valence-corrected chi connectivity index (χ3v) is 3.27. The highest BCUT2D eigenvalue weighted by atomic mass is 32.2. The summed E-state index contributed by atoms with van der Waals surface area (Å²) in [5, 5.41) is 0. The average molecular weight is 259 g/mol. The Morgan fingerprint density at radius 1 is 1.29 bits per heavy atom. The predicted octanol–water partition coefficient (Wildman–Crippen LogP) is 1.49. The molecule has 0 atom stereocenters. The molecule has 17 heavy (non-hydrogen) atoms. The van der Waals surface area contributed by atoms with Crippen molar-refractivity contribution in [3.63, 3.8) is 0 Å². The number of H-pyrrole nitrogens is 1. The molecule has 2 aromatic rings. The van der Waals surface area contributed by atoms with E-state index in [1.165, 1.54) is 12.4 Å². The zero-order valence-electron chi connectivity index (χ0n) is 8.31. The number of imidazole rings is 1. The fourth-order valence-electron chi connectivity index (χ4n) is 1.19. The molecule has 0 bridgehead atoms. The van der Waals surface area contributed by atoms with Gasteiger partial charge in [0.15, 0.2) is 0 Å². The fourth-order valence-corrected chi connectivity index (χ4v) is 2.26. The molecule has 0 radical (unpaired) electrons. The average Bonchev–Trinajstić information content (AvgIpc) is 2.73. The van der Waals surface area contributed by atoms with Gasteiger partial charge in [-0.3, -0.25) is 0 Å². The van der Waals surface area contributed by atoms with E-state index >= 15 is 0 Å². The van der Waals surface area contributed by atoms with Gasteiger partial charge >= 0.3 is 0 Å². The van der Waals surface area contributed by atoms with Gasteiger partial charge in [-0.1, -0.05) is 0 Å². The molecule has 0 saturated carbocycles. The third-order valence-electron chi connectivity index (χ3n) is 1.91. The van der Waals surface area contributed by atoms with Crippen LogP contribution in [0.25, 0.3) is 0 Å². The number of hydrogen-bond donors (Lipinski definition) is 2. The first-order chi connectivity index (χ1) is 7.99. The number of rotatable bonds is 3. The van der Waals surface area contributed by atoms with Crippen LogP contribution in [0.2, 0.25) is 0 Å². The first-order valence-electron chi connectivity index (χ1n) is 4.46. The normalized spacial score (nSPS) is 11.4. The highest BCUT2D eigenvalue weighted by Gasteiger charge is 2.20. The minimum absolute atomic E-state index is 0.0753. The van der Waals surface area contributed by atoms with E-state index in [0.717, 1.165) is 12.1 Å². The van der Waals surface area contributed by atoms with Crippen LogP contribution in [0, 0.1) is 11.6 Å². The Hall–Kier alpha value is -1.96. The largest absolute Gasteiger partial charge is 0.330 e. The van der Waals surface area contributed by atoms with Crippen LogP contribution in [0.1, 0.15) is 0 Å². The highest BCUT2D eigenvalue weighted by Crippen LogP contribution is 2.17. The minimum atomic E-state index is -4.20. The van der Waals surface area contributed by atoms with Crippen molar-refractivity contribution >= 4 is 16.0 Å². The number of hydrogen-bond acceptors (Lipinski definition) is 3. The molecule has 0 aliphatic rings. The minimum Gasteiger partial charge on any atom is -0.330 e. The standard InChI is InChI=1S/C9H7F2N3O2S/c10-6-1-2-7(11)8(5-6)17(15,16)14-9-12-3-4-13-9/h1-5H,(H2,12,13,14). The van der Waals surface area contributed by atoms with Gasteiger partial charge in [-0.15, -0.1) is 0 Å². The lowest BCUT2D eigenvalue weighted by atomic mass is 10.3. The Labute approximate surface area is 95.6 Å². The maximum atomic E-state index is 13.3. The number of aromatic nitrogens is 2. The quantitative estimate of drug-likeness (QED) is 0.876. The molecule has 0 amide bonds. The Morgan fingerprint density at radius 2 is 2.06 bits per heavy atom. The summed E-state index contributed by atoms with van der Waals surface area (Å²) in [5.41, 5.74) is 0. The lowest BCUT2D eigenvalue weighted by Gasteiger charge is -2.06. The van der Waals surface area contributed by atoms with Crippen LogP contribution in [-0.2, 0) is 10.0 Å². The molecule has 0 saturated heterocycles. The number of aromatic amines is 1. The number of halogens is 2. The monoisotopic (exact) mass is 259 g/mol. The summed E-state index contributed by atoms with van der Waals surface area (Å²) in [5.74, 6) is -1.95. The Morgan fingerprint density at radius 3 is 2.71 bits per heavy atom. The van der Waals surface area contributed by atoms with Crippen LogP contribution in [-0.4, -0.2) is 18.4 Å². The lowest BCUT2D eigenvalue weighted by molar-refractivity contribution is 0.555. The van der Waals surface area contributed by atoms with Crippen molar-refractivity contribution in [1.29, 1.82) is 0 Å². The first kappa shape index (κ1) is 11.5. The molecule has 1 heterocycles. The van der Waals surface area contributed by atoms with Crippen LogP contribution < -0.4 is 4.72 Å². The van der Waals surface area contributed by atoms with E-state index in [1.54, 1.807) is 0 Å². The summed E-state index contributed by atoms with van der Waals surface area (Å²) in [6.45, 7) is 0. The summed E-state index contributed by atoms with van der Waals surface area (Å²) in [4.78, 5) is 5.33. The first-order valence-corrected chi connectivity index (χ1v) is 5.94. The smallest absolute Gasteiger partial charge is 0.267 e. The lowest BCUT2D eigenvalue weighted by Crippen LogP contribution is -2.15. The van der Waals surface area contributed by atoms with Gasteiger partial charge in [0.25, 0.3) is 10.0 Å². The topological polar surface area (TPSA) is 74.8 Å². The number of nitrogens with one attached hydrogen (secondary N) is 2. The SMILES string of the molecule is O=S(=O)(Nc1ncc[nH]1)c1cc(F)ccc1F. The van der Waals surface area contributed by atoms with Crippen molar-refractivity contribution in [3.8, 4) is 0 Å². The molecule has 0 fully saturated rings. The van der Waals surface area contributed by atoms with Gasteiger partial charge in [0.05, 0.1) is 0 Å². The molecule has 5 nitrogen and oxygen atoms in total. The molecular weight excluding hydrogens is 252 g/mol. The van der Waals surface area contributed by atoms with Crippen LogP contribution >= 0.6 is 0 Å². The molecule has 0 unspecified atom stereocenters. The Balaban J connectivity index is 2.41. The highest BCUT2D eigenvalue weighted by molar-refractivity contribution is 7.92. The second-order valence-corrected chi connectivity index (χ2v) is 4.77. The van der Waals surface area contributed by atoms with Gasteiger partial charge < -0.3 is 4.98 Å². The van der Waals surface area contributed by atoms with Gasteiger partial charge in [-0.2, -0.15) is 0 Å². The van der Waals surface area contributed by atoms with Crippen molar-refractivity contribution < 1.29 is 17.2 Å². The predicted molar refractivity (Wildman–Crippen MR) is 55.8 cm³/mol. The third kappa shape index (κ3) is 2.41. The maximum Gasteiger partial charge on any atom is 0.267 e. The van der Waals surface area contributed by atoms with Gasteiger partial charge in [-0.05, 0) is 18.2 Å². The zero-order valence-corrected chi connectivity index (χ0v) is 9.13. The second kappa shape index (κ2) is 4.13. The molecule has 8 heteroatoms. The summed E-state index contributed by atoms with van der Waals surface area (Å²) in [6, 6.07) is 2.17. The van der Waals surface area contributed by atoms with E-state index in [1.807, 2.05) is 4.72 Å². The van der Waals surface area contributed by atoms with Crippen LogP contribution in [0.4, 0.5) is 14.7 Å². The van der Waals surface area contributed by atoms with Gasteiger partial charge in [0.1, 0.15) is 16.5 Å². The van der Waals surface area contributed by atoms with Gasteiger partial charge in [0.2, 0.25) is 5.95 Å². The van der Waals surface area contributed by atoms with Crippen LogP contribution in [0.5, 0.6) is 0 Å². The number of anilines is 1. The van der Waals surface area contributed by atoms with Crippen LogP contribution in [0.3, 0.4) is 0 Å². The van der Waals surface area contributed by atoms with Gasteiger partial charge in [0, 0.05) is 12.4 Å². The maximum absolute atomic E-state index is 13.3. The Kier molecular flexibility index (Phi) is 2.80. The van der Waals surface area contributed by atoms with Crippen LogP contribution in [0.15, 0.2) is 35.5 Å². The molecule has 90 valence electrons. The van der Waals surface area contributed by atoms with Crippen molar-refractivity contribution in [1.82, 2.24) is 9.97 Å². The summed E-state index contributed by atoms with van der Waals surface area (Å²) < 4.78 is 51.5. The second-order valence-electron chi connectivity index (χ2n) is 3.12. The zero-order chi connectivity index (χ0) is 12.5. The molecule has 0 aliphatic heterocycles. The summed E-state index contributed by atoms with van der Waals surface area (Å²) in [6.07, 6.45) is 2.71.